The molecule has 0 saturated carbocycles. The van der Waals surface area contributed by atoms with Crippen molar-refractivity contribution in [1.29, 1.82) is 0 Å². The van der Waals surface area contributed by atoms with Gasteiger partial charge in [-0.15, -0.1) is 11.8 Å². The summed E-state index contributed by atoms with van der Waals surface area (Å²) in [5.74, 6) is 0.894. The highest BCUT2D eigenvalue weighted by atomic mass is 32.2. The molecule has 0 fully saturated rings. The Morgan fingerprint density at radius 1 is 1.03 bits per heavy atom. The van der Waals surface area contributed by atoms with Gasteiger partial charge in [0.15, 0.2) is 11.5 Å². The van der Waals surface area contributed by atoms with Crippen molar-refractivity contribution in [2.45, 2.75) is 23.9 Å². The fraction of sp³-hybridized carbons (Fsp3) is 0.231. The van der Waals surface area contributed by atoms with Crippen molar-refractivity contribution in [2.75, 3.05) is 25.8 Å². The van der Waals surface area contributed by atoms with Crippen LogP contribution in [-0.4, -0.2) is 37.2 Å². The zero-order valence-electron chi connectivity index (χ0n) is 18.8. The third kappa shape index (κ3) is 4.83. The van der Waals surface area contributed by atoms with Crippen molar-refractivity contribution in [3.63, 3.8) is 0 Å². The van der Waals surface area contributed by atoms with Crippen LogP contribution in [0.3, 0.4) is 0 Å². The molecule has 0 spiro atoms. The number of nitrogens with one attached hydrogen (secondary N) is 1. The van der Waals surface area contributed by atoms with Gasteiger partial charge in [-0.25, -0.2) is 0 Å². The van der Waals surface area contributed by atoms with Gasteiger partial charge in [0.1, 0.15) is 0 Å². The standard InChI is InChI=1S/C26H26N2O4S/c1-31-23-12-11-17(13-24(23)32-2)22(28-16-18-7-4-5-10-21(18)26(28)30)15-25(29)27-19-8-6-9-20(14-19)33-3/h4-14,22H,15-16H2,1-3H3,(H,27,29). The van der Waals surface area contributed by atoms with Crippen molar-refractivity contribution in [1.82, 2.24) is 4.90 Å². The molecule has 1 atom stereocenters. The Balaban J connectivity index is 1.64. The Morgan fingerprint density at radius 3 is 2.55 bits per heavy atom. The van der Waals surface area contributed by atoms with Crippen molar-refractivity contribution in [3.8, 4) is 11.5 Å². The van der Waals surface area contributed by atoms with Crippen LogP contribution in [0.25, 0.3) is 0 Å². The number of nitrogens with zero attached hydrogens (tertiary/aromatic N) is 1. The molecule has 0 bridgehead atoms. The van der Waals surface area contributed by atoms with Crippen LogP contribution in [0.5, 0.6) is 11.5 Å². The van der Waals surface area contributed by atoms with E-state index >= 15 is 0 Å². The van der Waals surface area contributed by atoms with E-state index in [9.17, 15) is 9.59 Å². The zero-order chi connectivity index (χ0) is 23.4. The maximum absolute atomic E-state index is 13.2. The van der Waals surface area contributed by atoms with Crippen LogP contribution in [0.4, 0.5) is 5.69 Å². The number of carbonyl (C=O) groups is 2. The van der Waals surface area contributed by atoms with E-state index in [0.717, 1.165) is 21.7 Å². The first-order chi connectivity index (χ1) is 16.0. The van der Waals surface area contributed by atoms with Gasteiger partial charge >= 0.3 is 0 Å². The van der Waals surface area contributed by atoms with E-state index in [1.165, 1.54) is 0 Å². The molecule has 1 N–H and O–H groups in total. The third-order valence-corrected chi connectivity index (χ3v) is 6.48. The molecule has 3 aromatic carbocycles. The van der Waals surface area contributed by atoms with Gasteiger partial charge in [-0.2, -0.15) is 0 Å². The number of benzene rings is 3. The number of fused-ring (bicyclic) bond motifs is 1. The summed E-state index contributed by atoms with van der Waals surface area (Å²) in [6.45, 7) is 0.448. The van der Waals surface area contributed by atoms with Crippen LogP contribution in [0, 0.1) is 0 Å². The summed E-state index contributed by atoms with van der Waals surface area (Å²) in [6, 6.07) is 20.3. The predicted molar refractivity (Wildman–Crippen MR) is 130 cm³/mol. The normalized spacial score (nSPS) is 13.4. The summed E-state index contributed by atoms with van der Waals surface area (Å²) in [5, 5.41) is 2.98. The molecule has 1 aliphatic rings. The highest BCUT2D eigenvalue weighted by Gasteiger charge is 2.34. The van der Waals surface area contributed by atoms with E-state index in [-0.39, 0.29) is 18.2 Å². The van der Waals surface area contributed by atoms with Gasteiger partial charge < -0.3 is 19.7 Å². The summed E-state index contributed by atoms with van der Waals surface area (Å²) >= 11 is 1.61. The number of carbonyl (C=O) groups excluding carboxylic acids is 2. The summed E-state index contributed by atoms with van der Waals surface area (Å²) in [7, 11) is 3.14. The summed E-state index contributed by atoms with van der Waals surface area (Å²) in [6.07, 6.45) is 2.10. The molecule has 2 amide bonds. The average molecular weight is 463 g/mol. The van der Waals surface area contributed by atoms with Crippen LogP contribution in [0.1, 0.15) is 33.9 Å². The summed E-state index contributed by atoms with van der Waals surface area (Å²) in [4.78, 5) is 29.2. The van der Waals surface area contributed by atoms with E-state index in [2.05, 4.69) is 5.32 Å². The van der Waals surface area contributed by atoms with Crippen molar-refractivity contribution in [3.05, 3.63) is 83.4 Å². The molecular weight excluding hydrogens is 436 g/mol. The molecule has 4 rings (SSSR count). The lowest BCUT2D eigenvalue weighted by atomic mass is 10.0. The minimum Gasteiger partial charge on any atom is -0.493 e. The van der Waals surface area contributed by atoms with Crippen LogP contribution in [0.15, 0.2) is 71.6 Å². The Kier molecular flexibility index (Phi) is 6.89. The molecule has 0 saturated heterocycles. The molecule has 0 aromatic heterocycles. The third-order valence-electron chi connectivity index (χ3n) is 5.75. The molecule has 170 valence electrons. The number of methoxy groups -OCH3 is 2. The lowest BCUT2D eigenvalue weighted by molar-refractivity contribution is -0.117. The van der Waals surface area contributed by atoms with Crippen LogP contribution < -0.4 is 14.8 Å². The highest BCUT2D eigenvalue weighted by Crippen LogP contribution is 2.37. The summed E-state index contributed by atoms with van der Waals surface area (Å²) in [5.41, 5.74) is 3.17. The van der Waals surface area contributed by atoms with E-state index in [0.29, 0.717) is 23.6 Å². The Bertz CT molecular complexity index is 1180. The second kappa shape index (κ2) is 10.0. The first-order valence-electron chi connectivity index (χ1n) is 10.6. The second-order valence-electron chi connectivity index (χ2n) is 7.70. The van der Waals surface area contributed by atoms with E-state index < -0.39 is 6.04 Å². The van der Waals surface area contributed by atoms with Crippen molar-refractivity contribution < 1.29 is 19.1 Å². The Labute approximate surface area is 197 Å². The maximum Gasteiger partial charge on any atom is 0.255 e. The second-order valence-corrected chi connectivity index (χ2v) is 8.58. The predicted octanol–water partition coefficient (Wildman–Crippen LogP) is 5.15. The number of ether oxygens (including phenoxy) is 2. The van der Waals surface area contributed by atoms with Crippen molar-refractivity contribution >= 4 is 29.3 Å². The Hall–Kier alpha value is -3.45. The van der Waals surface area contributed by atoms with Gasteiger partial charge in [0, 0.05) is 22.7 Å². The first-order valence-corrected chi connectivity index (χ1v) is 11.8. The van der Waals surface area contributed by atoms with E-state index in [1.807, 2.05) is 66.9 Å². The minimum atomic E-state index is -0.464. The number of thioether (sulfide) groups is 1. The zero-order valence-corrected chi connectivity index (χ0v) is 19.6. The number of anilines is 1. The van der Waals surface area contributed by atoms with Gasteiger partial charge in [0.25, 0.3) is 5.91 Å². The maximum atomic E-state index is 13.2. The fourth-order valence-corrected chi connectivity index (χ4v) is 4.54. The number of amides is 2. The van der Waals surface area contributed by atoms with Crippen molar-refractivity contribution in [2.24, 2.45) is 0 Å². The van der Waals surface area contributed by atoms with E-state index in [1.54, 1.807) is 36.9 Å². The monoisotopic (exact) mass is 462 g/mol. The summed E-state index contributed by atoms with van der Waals surface area (Å²) < 4.78 is 10.8. The molecule has 0 aliphatic carbocycles. The largest absolute Gasteiger partial charge is 0.493 e. The number of rotatable bonds is 8. The van der Waals surface area contributed by atoms with Crippen LogP contribution >= 0.6 is 11.8 Å². The quantitative estimate of drug-likeness (QED) is 0.469. The molecule has 1 unspecified atom stereocenters. The average Bonchev–Trinajstić information content (AvgIpc) is 3.18. The molecule has 33 heavy (non-hydrogen) atoms. The smallest absolute Gasteiger partial charge is 0.255 e. The number of hydrogen-bond acceptors (Lipinski definition) is 5. The van der Waals surface area contributed by atoms with Gasteiger partial charge in [0.2, 0.25) is 5.91 Å². The van der Waals surface area contributed by atoms with Gasteiger partial charge in [-0.3, -0.25) is 9.59 Å². The molecule has 6 nitrogen and oxygen atoms in total. The molecule has 1 aliphatic heterocycles. The van der Waals surface area contributed by atoms with E-state index in [4.69, 9.17) is 9.47 Å². The Morgan fingerprint density at radius 2 is 1.82 bits per heavy atom. The lowest BCUT2D eigenvalue weighted by Crippen LogP contribution is -2.32. The highest BCUT2D eigenvalue weighted by molar-refractivity contribution is 7.98. The molecule has 7 heteroatoms. The SMILES string of the molecule is COc1ccc(C(CC(=O)Nc2cccc(SC)c2)N2Cc3ccccc3C2=O)cc1OC. The van der Waals surface area contributed by atoms with Gasteiger partial charge in [-0.1, -0.05) is 30.3 Å². The number of hydrogen-bond donors (Lipinski definition) is 1. The van der Waals surface area contributed by atoms with Crippen LogP contribution in [-0.2, 0) is 11.3 Å². The minimum absolute atomic E-state index is 0.0810. The molecule has 3 aromatic rings. The molecule has 1 heterocycles. The van der Waals surface area contributed by atoms with Gasteiger partial charge in [-0.05, 0) is 53.8 Å². The van der Waals surface area contributed by atoms with Gasteiger partial charge in [0.05, 0.1) is 26.7 Å². The van der Waals surface area contributed by atoms with Crippen LogP contribution in [0.2, 0.25) is 0 Å². The fourth-order valence-electron chi connectivity index (χ4n) is 4.09. The topological polar surface area (TPSA) is 67.9 Å². The first kappa shape index (κ1) is 22.7. The molecular formula is C26H26N2O4S. The molecule has 0 radical (unpaired) electrons. The lowest BCUT2D eigenvalue weighted by Gasteiger charge is -2.28.